The summed E-state index contributed by atoms with van der Waals surface area (Å²) in [6.45, 7) is 6.37. The van der Waals surface area contributed by atoms with Crippen LogP contribution in [0.2, 0.25) is 10.0 Å². The Morgan fingerprint density at radius 2 is 1.67 bits per heavy atom. The van der Waals surface area contributed by atoms with Crippen LogP contribution in [0.15, 0.2) is 24.3 Å². The van der Waals surface area contributed by atoms with Crippen molar-refractivity contribution in [2.75, 3.05) is 52.7 Å². The molecule has 0 spiro atoms. The molecule has 3 rings (SSSR count). The number of ether oxygens (including phenoxy) is 2. The predicted octanol–water partition coefficient (Wildman–Crippen LogP) is 4.47. The van der Waals surface area contributed by atoms with E-state index in [1.165, 1.54) is 0 Å². The van der Waals surface area contributed by atoms with Crippen LogP contribution in [0.5, 0.6) is 11.5 Å². The van der Waals surface area contributed by atoms with Crippen molar-refractivity contribution in [2.24, 2.45) is 0 Å². The number of halogens is 2. The Hall–Kier alpha value is -2.15. The molecule has 1 heterocycles. The first-order valence-corrected chi connectivity index (χ1v) is 12.1. The number of likely N-dealkylation sites (N-methyl/N-ethyl adjacent to an activating group) is 1. The molecule has 0 unspecified atom stereocenters. The zero-order valence-electron chi connectivity index (χ0n) is 19.6. The van der Waals surface area contributed by atoms with E-state index >= 15 is 0 Å². The van der Waals surface area contributed by atoms with Crippen LogP contribution in [-0.4, -0.2) is 62.7 Å². The van der Waals surface area contributed by atoms with Crippen molar-refractivity contribution >= 4 is 34.8 Å². The maximum atomic E-state index is 12.9. The number of amides is 1. The third-order valence-corrected chi connectivity index (χ3v) is 6.88. The number of hydrogen-bond donors (Lipinski definition) is 1. The van der Waals surface area contributed by atoms with Crippen LogP contribution in [0.1, 0.15) is 30.0 Å². The lowest BCUT2D eigenvalue weighted by atomic mass is 10.0. The van der Waals surface area contributed by atoms with Crippen molar-refractivity contribution < 1.29 is 14.3 Å². The Balaban J connectivity index is 1.52. The van der Waals surface area contributed by atoms with Crippen molar-refractivity contribution in [3.8, 4) is 11.5 Å². The van der Waals surface area contributed by atoms with Gasteiger partial charge in [0, 0.05) is 19.6 Å². The topological polar surface area (TPSA) is 68.0 Å². The van der Waals surface area contributed by atoms with Gasteiger partial charge in [-0.1, -0.05) is 30.1 Å². The molecule has 180 valence electrons. The van der Waals surface area contributed by atoms with E-state index in [1.54, 1.807) is 14.2 Å². The number of rotatable bonds is 10. The smallest absolute Gasteiger partial charge is 0.227 e. The van der Waals surface area contributed by atoms with Crippen LogP contribution in [0, 0.1) is 0 Å². The highest BCUT2D eigenvalue weighted by Crippen LogP contribution is 2.32. The van der Waals surface area contributed by atoms with E-state index in [0.717, 1.165) is 68.7 Å². The summed E-state index contributed by atoms with van der Waals surface area (Å²) in [5.41, 5.74) is 9.51. The maximum Gasteiger partial charge on any atom is 0.227 e. The van der Waals surface area contributed by atoms with E-state index in [1.807, 2.05) is 29.2 Å². The fourth-order valence-electron chi connectivity index (χ4n) is 4.23. The molecule has 8 heteroatoms. The quantitative estimate of drug-likeness (QED) is 0.494. The number of nitrogens with two attached hydrogens (primary N) is 1. The fourth-order valence-corrected chi connectivity index (χ4v) is 4.77. The molecule has 1 amide bonds. The minimum absolute atomic E-state index is 0.162. The molecule has 0 atom stereocenters. The van der Waals surface area contributed by atoms with Crippen LogP contribution in [0.3, 0.4) is 0 Å². The first-order valence-electron chi connectivity index (χ1n) is 11.3. The number of benzene rings is 2. The van der Waals surface area contributed by atoms with Gasteiger partial charge in [0.15, 0.2) is 11.5 Å². The van der Waals surface area contributed by atoms with Crippen molar-refractivity contribution in [3.05, 3.63) is 51.0 Å². The first-order chi connectivity index (χ1) is 15.9. The van der Waals surface area contributed by atoms with Crippen molar-refractivity contribution in [3.63, 3.8) is 0 Å². The number of nitrogen functional groups attached to an aromatic ring is 1. The van der Waals surface area contributed by atoms with Crippen LogP contribution >= 0.6 is 23.2 Å². The van der Waals surface area contributed by atoms with Gasteiger partial charge in [-0.05, 0) is 73.3 Å². The second-order valence-corrected chi connectivity index (χ2v) is 9.11. The molecule has 0 radical (unpaired) electrons. The Kier molecular flexibility index (Phi) is 9.12. The van der Waals surface area contributed by atoms with Gasteiger partial charge >= 0.3 is 0 Å². The van der Waals surface area contributed by atoms with E-state index in [-0.39, 0.29) is 5.91 Å². The number of carbonyl (C=O) groups excluding carboxylic acids is 1. The lowest BCUT2D eigenvalue weighted by molar-refractivity contribution is -0.130. The molecule has 0 saturated carbocycles. The molecule has 0 saturated heterocycles. The first kappa shape index (κ1) is 25.5. The predicted molar refractivity (Wildman–Crippen MR) is 135 cm³/mol. The third-order valence-electron chi connectivity index (χ3n) is 6.26. The lowest BCUT2D eigenvalue weighted by Gasteiger charge is -2.24. The summed E-state index contributed by atoms with van der Waals surface area (Å²) < 4.78 is 10.8. The van der Waals surface area contributed by atoms with Crippen molar-refractivity contribution in [2.45, 2.75) is 32.6 Å². The molecule has 0 fully saturated rings. The summed E-state index contributed by atoms with van der Waals surface area (Å²) in [4.78, 5) is 17.2. The van der Waals surface area contributed by atoms with Crippen LogP contribution in [0.25, 0.3) is 0 Å². The molecule has 33 heavy (non-hydrogen) atoms. The van der Waals surface area contributed by atoms with Gasteiger partial charge in [0.05, 0.1) is 36.4 Å². The van der Waals surface area contributed by atoms with Crippen LogP contribution in [-0.2, 0) is 24.1 Å². The number of fused-ring (bicyclic) bond motifs is 1. The average Bonchev–Trinajstić information content (AvgIpc) is 2.96. The number of carbonyl (C=O) groups is 1. The van der Waals surface area contributed by atoms with Crippen molar-refractivity contribution in [1.29, 1.82) is 0 Å². The molecule has 2 aromatic carbocycles. The molecule has 0 aromatic heterocycles. The SMILES string of the molecule is CCN(CCCN1CCc2cc(OC)c(OC)cc2CC1=O)CCc1cc(Cl)c(N)c(Cl)c1. The standard InChI is InChI=1S/C25H33Cl2N3O3/c1-4-29(10-6-17-12-20(26)25(28)21(27)13-17)8-5-9-30-11-7-18-14-22(32-2)23(33-3)15-19(18)16-24(30)31/h12-15H,4-11,16,28H2,1-3H3. The van der Waals surface area contributed by atoms with Gasteiger partial charge in [-0.2, -0.15) is 0 Å². The zero-order chi connectivity index (χ0) is 24.0. The minimum Gasteiger partial charge on any atom is -0.493 e. The molecular formula is C25H33Cl2N3O3. The van der Waals surface area contributed by atoms with E-state index in [9.17, 15) is 4.79 Å². The van der Waals surface area contributed by atoms with E-state index in [0.29, 0.717) is 33.7 Å². The Labute approximate surface area is 206 Å². The second kappa shape index (κ2) is 11.8. The highest BCUT2D eigenvalue weighted by atomic mass is 35.5. The Morgan fingerprint density at radius 3 is 2.27 bits per heavy atom. The highest BCUT2D eigenvalue weighted by molar-refractivity contribution is 6.38. The summed E-state index contributed by atoms with van der Waals surface area (Å²) >= 11 is 12.3. The monoisotopic (exact) mass is 493 g/mol. The Morgan fingerprint density at radius 1 is 1.03 bits per heavy atom. The Bertz CT molecular complexity index is 961. The normalized spacial score (nSPS) is 13.8. The largest absolute Gasteiger partial charge is 0.493 e. The van der Waals surface area contributed by atoms with E-state index in [2.05, 4.69) is 11.8 Å². The molecule has 6 nitrogen and oxygen atoms in total. The summed E-state index contributed by atoms with van der Waals surface area (Å²) in [6.07, 6.45) is 2.98. The third kappa shape index (κ3) is 6.46. The zero-order valence-corrected chi connectivity index (χ0v) is 21.1. The summed E-state index contributed by atoms with van der Waals surface area (Å²) in [6, 6.07) is 7.70. The summed E-state index contributed by atoms with van der Waals surface area (Å²) in [5, 5.41) is 0.993. The second-order valence-electron chi connectivity index (χ2n) is 8.29. The molecule has 0 aliphatic carbocycles. The van der Waals surface area contributed by atoms with Crippen molar-refractivity contribution in [1.82, 2.24) is 9.80 Å². The molecule has 1 aliphatic rings. The summed E-state index contributed by atoms with van der Waals surface area (Å²) in [7, 11) is 3.25. The van der Waals surface area contributed by atoms with Gasteiger partial charge in [0.1, 0.15) is 0 Å². The van der Waals surface area contributed by atoms with Crippen LogP contribution < -0.4 is 15.2 Å². The van der Waals surface area contributed by atoms with Gasteiger partial charge in [0.25, 0.3) is 0 Å². The van der Waals surface area contributed by atoms with Crippen LogP contribution in [0.4, 0.5) is 5.69 Å². The molecule has 1 aliphatic heterocycles. The number of methoxy groups -OCH3 is 2. The van der Waals surface area contributed by atoms with Gasteiger partial charge < -0.3 is 25.0 Å². The lowest BCUT2D eigenvalue weighted by Crippen LogP contribution is -2.35. The maximum absolute atomic E-state index is 12.9. The van der Waals surface area contributed by atoms with E-state index in [4.69, 9.17) is 38.4 Å². The number of nitrogens with zero attached hydrogens (tertiary/aromatic N) is 2. The van der Waals surface area contributed by atoms with Gasteiger partial charge in [-0.25, -0.2) is 0 Å². The minimum atomic E-state index is 0.162. The molecular weight excluding hydrogens is 461 g/mol. The highest BCUT2D eigenvalue weighted by Gasteiger charge is 2.22. The summed E-state index contributed by atoms with van der Waals surface area (Å²) in [5.74, 6) is 1.54. The average molecular weight is 494 g/mol. The van der Waals surface area contributed by atoms with Gasteiger partial charge in [0.2, 0.25) is 5.91 Å². The number of anilines is 1. The van der Waals surface area contributed by atoms with E-state index < -0.39 is 0 Å². The molecule has 2 N–H and O–H groups in total. The van der Waals surface area contributed by atoms with Gasteiger partial charge in [-0.15, -0.1) is 0 Å². The van der Waals surface area contributed by atoms with Gasteiger partial charge in [-0.3, -0.25) is 4.79 Å². The fraction of sp³-hybridized carbons (Fsp3) is 0.480. The molecule has 2 aromatic rings. The molecule has 0 bridgehead atoms. The number of hydrogen-bond acceptors (Lipinski definition) is 5.